The van der Waals surface area contributed by atoms with Crippen LogP contribution in [0.3, 0.4) is 0 Å². The molecule has 5 aromatic rings. The zero-order valence-electron chi connectivity index (χ0n) is 20.1. The molecule has 172 valence electrons. The third-order valence-corrected chi connectivity index (χ3v) is 7.61. The topological polar surface area (TPSA) is 12.0 Å². The summed E-state index contributed by atoms with van der Waals surface area (Å²) < 4.78 is 0. The van der Waals surface area contributed by atoms with E-state index in [1.165, 1.54) is 55.4 Å². The van der Waals surface area contributed by atoms with E-state index in [1.54, 1.807) is 0 Å². The summed E-state index contributed by atoms with van der Waals surface area (Å²) in [5.74, 6) is 0.405. The molecule has 2 aliphatic rings. The fraction of sp³-hybridized carbons (Fsp3) is 0.0857. The lowest BCUT2D eigenvalue weighted by Crippen LogP contribution is -2.17. The summed E-state index contributed by atoms with van der Waals surface area (Å²) in [5.41, 5.74) is 10.5. The van der Waals surface area contributed by atoms with E-state index in [-0.39, 0.29) is 0 Å². The minimum atomic E-state index is 0.364. The molecule has 2 unspecified atom stereocenters. The normalized spacial score (nSPS) is 17.6. The van der Waals surface area contributed by atoms with Gasteiger partial charge in [0, 0.05) is 11.6 Å². The summed E-state index contributed by atoms with van der Waals surface area (Å²) in [6, 6.07) is 40.4. The van der Waals surface area contributed by atoms with Gasteiger partial charge >= 0.3 is 0 Å². The first-order chi connectivity index (χ1) is 17.8. The van der Waals surface area contributed by atoms with Gasteiger partial charge in [0.2, 0.25) is 0 Å². The highest BCUT2D eigenvalue weighted by Crippen LogP contribution is 2.44. The molecule has 1 aliphatic heterocycles. The maximum Gasteiger partial charge on any atom is 0.0552 e. The van der Waals surface area contributed by atoms with Gasteiger partial charge in [-0.2, -0.15) is 0 Å². The average Bonchev–Trinajstić information content (AvgIpc) is 3.33. The lowest BCUT2D eigenvalue weighted by Gasteiger charge is -2.17. The van der Waals surface area contributed by atoms with Gasteiger partial charge in [-0.25, -0.2) is 0 Å². The van der Waals surface area contributed by atoms with Crippen molar-refractivity contribution in [3.63, 3.8) is 0 Å². The molecule has 5 aromatic carbocycles. The van der Waals surface area contributed by atoms with Crippen LogP contribution in [-0.2, 0) is 6.42 Å². The van der Waals surface area contributed by atoms with Crippen LogP contribution in [0.25, 0.3) is 33.0 Å². The second-order valence-electron chi connectivity index (χ2n) is 9.87. The van der Waals surface area contributed by atoms with E-state index in [0.717, 1.165) is 6.42 Å². The molecule has 7 rings (SSSR count). The third-order valence-electron chi connectivity index (χ3n) is 7.61. The van der Waals surface area contributed by atoms with E-state index in [2.05, 4.69) is 139 Å². The van der Waals surface area contributed by atoms with Gasteiger partial charge in [-0.1, -0.05) is 121 Å². The highest BCUT2D eigenvalue weighted by atomic mass is 15.0. The summed E-state index contributed by atoms with van der Waals surface area (Å²) in [4.78, 5) is 0. The van der Waals surface area contributed by atoms with E-state index in [1.807, 2.05) is 0 Å². The van der Waals surface area contributed by atoms with E-state index in [9.17, 15) is 0 Å². The summed E-state index contributed by atoms with van der Waals surface area (Å²) in [6.45, 7) is 0. The average molecular weight is 462 g/mol. The predicted octanol–water partition coefficient (Wildman–Crippen LogP) is 8.77. The van der Waals surface area contributed by atoms with Crippen molar-refractivity contribution in [3.05, 3.63) is 150 Å². The first-order valence-corrected chi connectivity index (χ1v) is 12.7. The number of fused-ring (bicyclic) bond motifs is 4. The largest absolute Gasteiger partial charge is 0.378 e. The molecule has 0 spiro atoms. The van der Waals surface area contributed by atoms with Crippen molar-refractivity contribution in [1.82, 2.24) is 0 Å². The number of rotatable bonds is 4. The number of nitrogens with one attached hydrogen (secondary N) is 1. The highest BCUT2D eigenvalue weighted by Gasteiger charge is 2.31. The van der Waals surface area contributed by atoms with Gasteiger partial charge in [0.05, 0.1) is 6.04 Å². The Bertz CT molecular complexity index is 1620. The first kappa shape index (κ1) is 21.0. The van der Waals surface area contributed by atoms with Crippen LogP contribution in [0, 0.1) is 0 Å². The maximum absolute atomic E-state index is 3.68. The Hall–Kier alpha value is -4.36. The fourth-order valence-electron chi connectivity index (χ4n) is 5.72. The molecule has 1 heterocycles. The molecule has 0 bridgehead atoms. The van der Waals surface area contributed by atoms with Crippen molar-refractivity contribution in [1.29, 1.82) is 0 Å². The van der Waals surface area contributed by atoms with Crippen LogP contribution in [0.4, 0.5) is 5.69 Å². The van der Waals surface area contributed by atoms with Crippen molar-refractivity contribution in [2.45, 2.75) is 18.4 Å². The summed E-state index contributed by atoms with van der Waals surface area (Å²) in [5, 5.41) is 6.24. The fourth-order valence-corrected chi connectivity index (χ4v) is 5.72. The highest BCUT2D eigenvalue weighted by molar-refractivity contribution is 5.87. The van der Waals surface area contributed by atoms with Gasteiger partial charge in [-0.05, 0) is 68.3 Å². The Balaban J connectivity index is 1.11. The van der Waals surface area contributed by atoms with Crippen LogP contribution in [0.2, 0.25) is 0 Å². The molecule has 0 aromatic heterocycles. The van der Waals surface area contributed by atoms with E-state index >= 15 is 0 Å². The number of allylic oxidation sites excluding steroid dienone is 2. The zero-order valence-corrected chi connectivity index (χ0v) is 20.1. The van der Waals surface area contributed by atoms with Crippen LogP contribution in [0.5, 0.6) is 0 Å². The first-order valence-electron chi connectivity index (χ1n) is 12.7. The number of anilines is 1. The van der Waals surface area contributed by atoms with E-state index < -0.39 is 0 Å². The van der Waals surface area contributed by atoms with Crippen molar-refractivity contribution in [3.8, 4) is 22.3 Å². The Morgan fingerprint density at radius 1 is 0.556 bits per heavy atom. The SMILES string of the molecule is C1=CC2Nc3cccc(-c4ccc(Cc5ccc(-c6ccc7ccccc7c6)cc5)cc4)c3C2C=C1. The van der Waals surface area contributed by atoms with Gasteiger partial charge in [0.25, 0.3) is 0 Å². The van der Waals surface area contributed by atoms with Crippen LogP contribution in [0.15, 0.2) is 133 Å². The quantitative estimate of drug-likeness (QED) is 0.282. The van der Waals surface area contributed by atoms with Gasteiger partial charge < -0.3 is 5.32 Å². The predicted molar refractivity (Wildman–Crippen MR) is 152 cm³/mol. The molecule has 0 saturated heterocycles. The second-order valence-corrected chi connectivity index (χ2v) is 9.87. The molecular formula is C35H27N. The Labute approximate surface area is 212 Å². The maximum atomic E-state index is 3.68. The molecule has 0 amide bonds. The number of hydrogen-bond donors (Lipinski definition) is 1. The zero-order chi connectivity index (χ0) is 23.9. The van der Waals surface area contributed by atoms with Crippen molar-refractivity contribution < 1.29 is 0 Å². The second kappa shape index (κ2) is 8.70. The molecule has 1 nitrogen and oxygen atoms in total. The van der Waals surface area contributed by atoms with Crippen molar-refractivity contribution in [2.75, 3.05) is 5.32 Å². The number of benzene rings is 5. The smallest absolute Gasteiger partial charge is 0.0552 e. The molecule has 2 atom stereocenters. The van der Waals surface area contributed by atoms with Crippen molar-refractivity contribution >= 4 is 16.5 Å². The van der Waals surface area contributed by atoms with E-state index in [4.69, 9.17) is 0 Å². The lowest BCUT2D eigenvalue weighted by molar-refractivity contribution is 0.806. The Kier molecular flexibility index (Phi) is 5.06. The molecular weight excluding hydrogens is 434 g/mol. The minimum Gasteiger partial charge on any atom is -0.378 e. The van der Waals surface area contributed by atoms with Gasteiger partial charge in [0.1, 0.15) is 0 Å². The molecule has 1 heteroatoms. The standard InChI is InChI=1S/C35H27N/c1-2-7-29-23-30(21-20-26(29)6-1)27-16-12-24(13-17-27)22-25-14-18-28(19-15-25)31-9-5-11-34-35(31)32-8-3-4-10-33(32)36-34/h1-21,23,32-33,36H,22H2. The van der Waals surface area contributed by atoms with Crippen LogP contribution >= 0.6 is 0 Å². The minimum absolute atomic E-state index is 0.364. The molecule has 36 heavy (non-hydrogen) atoms. The summed E-state index contributed by atoms with van der Waals surface area (Å²) in [7, 11) is 0. The van der Waals surface area contributed by atoms with Crippen LogP contribution in [0.1, 0.15) is 22.6 Å². The summed E-state index contributed by atoms with van der Waals surface area (Å²) >= 11 is 0. The number of hydrogen-bond acceptors (Lipinski definition) is 1. The van der Waals surface area contributed by atoms with Gasteiger partial charge in [0.15, 0.2) is 0 Å². The van der Waals surface area contributed by atoms with Crippen LogP contribution < -0.4 is 5.32 Å². The van der Waals surface area contributed by atoms with Gasteiger partial charge in [-0.3, -0.25) is 0 Å². The van der Waals surface area contributed by atoms with Crippen LogP contribution in [-0.4, -0.2) is 6.04 Å². The lowest BCUT2D eigenvalue weighted by atomic mass is 9.86. The third kappa shape index (κ3) is 3.74. The molecule has 1 aliphatic carbocycles. The van der Waals surface area contributed by atoms with E-state index in [0.29, 0.717) is 12.0 Å². The van der Waals surface area contributed by atoms with Crippen molar-refractivity contribution in [2.24, 2.45) is 0 Å². The molecule has 1 N–H and O–H groups in total. The summed E-state index contributed by atoms with van der Waals surface area (Å²) in [6.07, 6.45) is 9.84. The van der Waals surface area contributed by atoms with Gasteiger partial charge in [-0.15, -0.1) is 0 Å². The Morgan fingerprint density at radius 3 is 2.06 bits per heavy atom. The molecule has 0 fully saturated rings. The monoisotopic (exact) mass is 461 g/mol. The Morgan fingerprint density at radius 2 is 1.25 bits per heavy atom. The molecule has 0 radical (unpaired) electrons. The molecule has 0 saturated carbocycles.